The second kappa shape index (κ2) is 5.14. The van der Waals surface area contributed by atoms with Crippen LogP contribution in [0.1, 0.15) is 34.1 Å². The fourth-order valence-electron chi connectivity index (χ4n) is 1.74. The van der Waals surface area contributed by atoms with E-state index in [2.05, 4.69) is 5.32 Å². The van der Waals surface area contributed by atoms with Crippen molar-refractivity contribution in [3.8, 4) is 0 Å². The molecule has 0 saturated carbocycles. The Hall–Kier alpha value is -0.940. The summed E-state index contributed by atoms with van der Waals surface area (Å²) in [5.74, 6) is -0.604. The Morgan fingerprint density at radius 1 is 1.47 bits per heavy atom. The zero-order chi connectivity index (χ0) is 13.2. The van der Waals surface area contributed by atoms with Gasteiger partial charge in [0.1, 0.15) is 0 Å². The van der Waals surface area contributed by atoms with E-state index in [4.69, 9.17) is 0 Å². The predicted molar refractivity (Wildman–Crippen MR) is 64.3 cm³/mol. The van der Waals surface area contributed by atoms with Crippen molar-refractivity contribution in [2.75, 3.05) is 13.1 Å². The highest BCUT2D eigenvalue weighted by atomic mass is 16.3. The van der Waals surface area contributed by atoms with Gasteiger partial charge in [-0.2, -0.15) is 0 Å². The number of aliphatic hydroxyl groups excluding tert-OH is 1. The van der Waals surface area contributed by atoms with Crippen molar-refractivity contribution in [3.05, 3.63) is 0 Å². The first-order valence-electron chi connectivity index (χ1n) is 5.98. The normalized spacial score (nSPS) is 23.4. The van der Waals surface area contributed by atoms with E-state index in [1.807, 2.05) is 20.8 Å². The van der Waals surface area contributed by atoms with E-state index >= 15 is 0 Å². The van der Waals surface area contributed by atoms with Crippen LogP contribution >= 0.6 is 0 Å². The van der Waals surface area contributed by atoms with Crippen LogP contribution in [0, 0.1) is 5.92 Å². The van der Waals surface area contributed by atoms with Crippen LogP contribution in [-0.2, 0) is 9.59 Å². The summed E-state index contributed by atoms with van der Waals surface area (Å²) < 4.78 is 0. The highest BCUT2D eigenvalue weighted by molar-refractivity contribution is 6.03. The largest absolute Gasteiger partial charge is 0.390 e. The first-order valence-corrected chi connectivity index (χ1v) is 5.98. The Balaban J connectivity index is 2.44. The molecule has 17 heavy (non-hydrogen) atoms. The number of likely N-dealkylation sites (tertiary alicyclic amines) is 1. The van der Waals surface area contributed by atoms with E-state index in [1.165, 1.54) is 4.90 Å². The number of hydrogen-bond donors (Lipinski definition) is 2. The van der Waals surface area contributed by atoms with Crippen LogP contribution in [0.25, 0.3) is 0 Å². The van der Waals surface area contributed by atoms with E-state index in [9.17, 15) is 14.7 Å². The average Bonchev–Trinajstić information content (AvgIpc) is 2.41. The van der Waals surface area contributed by atoms with Crippen molar-refractivity contribution < 1.29 is 14.7 Å². The van der Waals surface area contributed by atoms with E-state index in [0.717, 1.165) is 0 Å². The molecule has 2 unspecified atom stereocenters. The second-order valence-electron chi connectivity index (χ2n) is 5.73. The van der Waals surface area contributed by atoms with Gasteiger partial charge in [0.05, 0.1) is 12.6 Å². The molecule has 1 fully saturated rings. The monoisotopic (exact) mass is 242 g/mol. The smallest absolute Gasteiger partial charge is 0.232 e. The molecular weight excluding hydrogens is 220 g/mol. The van der Waals surface area contributed by atoms with Gasteiger partial charge in [0, 0.05) is 24.4 Å². The first kappa shape index (κ1) is 14.1. The summed E-state index contributed by atoms with van der Waals surface area (Å²) in [5, 5.41) is 12.9. The Morgan fingerprint density at radius 3 is 2.47 bits per heavy atom. The summed E-state index contributed by atoms with van der Waals surface area (Å²) in [6.07, 6.45) is -0.453. The third-order valence-corrected chi connectivity index (χ3v) is 2.73. The number of amides is 2. The molecule has 0 spiro atoms. The molecular formula is C12H22N2O3. The van der Waals surface area contributed by atoms with Gasteiger partial charge in [-0.25, -0.2) is 0 Å². The van der Waals surface area contributed by atoms with Gasteiger partial charge in [0.15, 0.2) is 0 Å². The Morgan fingerprint density at radius 2 is 2.06 bits per heavy atom. The van der Waals surface area contributed by atoms with Crippen LogP contribution in [-0.4, -0.2) is 46.6 Å². The van der Waals surface area contributed by atoms with Crippen LogP contribution in [0.15, 0.2) is 0 Å². The Bertz CT molecular complexity index is 309. The quantitative estimate of drug-likeness (QED) is 0.688. The lowest BCUT2D eigenvalue weighted by Crippen LogP contribution is -2.46. The SMILES string of the molecule is CC1CC(=O)N(CC(O)CNC(C)(C)C)C1=O. The minimum atomic E-state index is -0.715. The molecule has 2 N–H and O–H groups in total. The van der Waals surface area contributed by atoms with Gasteiger partial charge in [-0.15, -0.1) is 0 Å². The molecule has 1 heterocycles. The minimum absolute atomic E-state index is 0.0884. The summed E-state index contributed by atoms with van der Waals surface area (Å²) in [4.78, 5) is 24.3. The molecule has 5 nitrogen and oxygen atoms in total. The lowest BCUT2D eigenvalue weighted by molar-refractivity contribution is -0.140. The van der Waals surface area contributed by atoms with Gasteiger partial charge in [-0.1, -0.05) is 6.92 Å². The topological polar surface area (TPSA) is 69.6 Å². The van der Waals surface area contributed by atoms with E-state index < -0.39 is 6.10 Å². The van der Waals surface area contributed by atoms with Crippen molar-refractivity contribution in [1.82, 2.24) is 10.2 Å². The maximum atomic E-state index is 11.6. The molecule has 98 valence electrons. The van der Waals surface area contributed by atoms with Crippen molar-refractivity contribution in [2.24, 2.45) is 5.92 Å². The van der Waals surface area contributed by atoms with Crippen molar-refractivity contribution in [3.63, 3.8) is 0 Å². The number of aliphatic hydroxyl groups is 1. The van der Waals surface area contributed by atoms with Gasteiger partial charge in [-0.3, -0.25) is 14.5 Å². The molecule has 0 radical (unpaired) electrons. The number of β-amino-alcohol motifs (C(OH)–C–C–N with tert-alkyl or cyclic N) is 1. The van der Waals surface area contributed by atoms with Gasteiger partial charge in [0.25, 0.3) is 0 Å². The van der Waals surface area contributed by atoms with Gasteiger partial charge in [-0.05, 0) is 20.8 Å². The van der Waals surface area contributed by atoms with E-state index in [-0.39, 0.29) is 36.2 Å². The molecule has 0 aromatic heterocycles. The lowest BCUT2D eigenvalue weighted by atomic mass is 10.1. The summed E-state index contributed by atoms with van der Waals surface area (Å²) in [6, 6.07) is 0. The lowest BCUT2D eigenvalue weighted by Gasteiger charge is -2.24. The van der Waals surface area contributed by atoms with Crippen molar-refractivity contribution in [1.29, 1.82) is 0 Å². The van der Waals surface area contributed by atoms with Crippen LogP contribution < -0.4 is 5.32 Å². The Labute approximate surface area is 102 Å². The number of imide groups is 1. The van der Waals surface area contributed by atoms with Crippen LogP contribution in [0.5, 0.6) is 0 Å². The number of nitrogens with zero attached hydrogens (tertiary/aromatic N) is 1. The molecule has 0 bridgehead atoms. The van der Waals surface area contributed by atoms with Crippen LogP contribution in [0.3, 0.4) is 0 Å². The fourth-order valence-corrected chi connectivity index (χ4v) is 1.74. The molecule has 0 aliphatic carbocycles. The highest BCUT2D eigenvalue weighted by Crippen LogP contribution is 2.18. The maximum absolute atomic E-state index is 11.6. The number of carbonyl (C=O) groups excluding carboxylic acids is 2. The molecule has 0 aromatic carbocycles. The van der Waals surface area contributed by atoms with Gasteiger partial charge < -0.3 is 10.4 Å². The zero-order valence-electron chi connectivity index (χ0n) is 11.0. The standard InChI is InChI=1S/C12H22N2O3/c1-8-5-10(16)14(11(8)17)7-9(15)6-13-12(2,3)4/h8-9,13,15H,5-7H2,1-4H3. The maximum Gasteiger partial charge on any atom is 0.232 e. The van der Waals surface area contributed by atoms with Gasteiger partial charge in [0.2, 0.25) is 11.8 Å². The molecule has 2 atom stereocenters. The summed E-state index contributed by atoms with van der Waals surface area (Å²) in [6.45, 7) is 8.18. The molecule has 5 heteroatoms. The van der Waals surface area contributed by atoms with Crippen molar-refractivity contribution in [2.45, 2.75) is 45.8 Å². The fraction of sp³-hybridized carbons (Fsp3) is 0.833. The number of hydrogen-bond acceptors (Lipinski definition) is 4. The molecule has 1 aliphatic heterocycles. The number of rotatable bonds is 4. The van der Waals surface area contributed by atoms with Crippen molar-refractivity contribution >= 4 is 11.8 Å². The Kier molecular flexibility index (Phi) is 4.27. The summed E-state index contributed by atoms with van der Waals surface area (Å²) in [7, 11) is 0. The number of carbonyl (C=O) groups is 2. The minimum Gasteiger partial charge on any atom is -0.390 e. The second-order valence-corrected chi connectivity index (χ2v) is 5.73. The van der Waals surface area contributed by atoms with Crippen LogP contribution in [0.4, 0.5) is 0 Å². The molecule has 1 saturated heterocycles. The summed E-state index contributed by atoms with van der Waals surface area (Å²) in [5.41, 5.74) is -0.0900. The van der Waals surface area contributed by atoms with E-state index in [1.54, 1.807) is 6.92 Å². The highest BCUT2D eigenvalue weighted by Gasteiger charge is 2.36. The first-order chi connectivity index (χ1) is 7.70. The number of nitrogens with one attached hydrogen (secondary N) is 1. The molecule has 0 aromatic rings. The third kappa shape index (κ3) is 4.09. The molecule has 2 amide bonds. The zero-order valence-corrected chi connectivity index (χ0v) is 11.0. The average molecular weight is 242 g/mol. The summed E-state index contributed by atoms with van der Waals surface area (Å²) >= 11 is 0. The van der Waals surface area contributed by atoms with Gasteiger partial charge >= 0.3 is 0 Å². The van der Waals surface area contributed by atoms with E-state index in [0.29, 0.717) is 6.54 Å². The van der Waals surface area contributed by atoms with Crippen LogP contribution in [0.2, 0.25) is 0 Å². The third-order valence-electron chi connectivity index (χ3n) is 2.73. The molecule has 1 rings (SSSR count). The molecule has 1 aliphatic rings. The predicted octanol–water partition coefficient (Wildman–Crippen LogP) is 0.130.